The fraction of sp³-hybridized carbons (Fsp3) is 0.625. The maximum Gasteiger partial charge on any atom is 0.122 e. The van der Waals surface area contributed by atoms with E-state index in [1.54, 1.807) is 7.11 Å². The van der Waals surface area contributed by atoms with Crippen LogP contribution in [0.1, 0.15) is 48.3 Å². The molecule has 2 nitrogen and oxygen atoms in total. The Kier molecular flexibility index (Phi) is 4.28. The molecule has 1 aliphatic carbocycles. The van der Waals surface area contributed by atoms with Gasteiger partial charge in [-0.05, 0) is 62.4 Å². The molecule has 0 aliphatic heterocycles. The van der Waals surface area contributed by atoms with E-state index in [4.69, 9.17) is 4.74 Å². The molecule has 0 saturated heterocycles. The zero-order valence-electron chi connectivity index (χ0n) is 12.0. The molecule has 0 aromatic heterocycles. The van der Waals surface area contributed by atoms with Gasteiger partial charge in [0.25, 0.3) is 0 Å². The summed E-state index contributed by atoms with van der Waals surface area (Å²) < 4.78 is 5.41. The Hall–Kier alpha value is -1.02. The molecule has 1 aromatic rings. The fourth-order valence-electron chi connectivity index (χ4n) is 3.28. The first-order valence-electron chi connectivity index (χ1n) is 6.99. The summed E-state index contributed by atoms with van der Waals surface area (Å²) in [6.45, 7) is 4.34. The number of hydrogen-bond donors (Lipinski definition) is 1. The standard InChI is InChI=1S/C16H25NO/c1-11-10-16(18-4)12(2)9-14(11)13-7-5-6-8-15(13)17-3/h9-10,13,15,17H,5-8H2,1-4H3. The lowest BCUT2D eigenvalue weighted by atomic mass is 9.78. The number of methoxy groups -OCH3 is 1. The van der Waals surface area contributed by atoms with Crippen LogP contribution in [0.3, 0.4) is 0 Å². The van der Waals surface area contributed by atoms with E-state index in [1.165, 1.54) is 42.4 Å². The molecule has 0 spiro atoms. The molecule has 1 aromatic carbocycles. The largest absolute Gasteiger partial charge is 0.496 e. The van der Waals surface area contributed by atoms with Crippen LogP contribution >= 0.6 is 0 Å². The Bertz CT molecular complexity index is 414. The summed E-state index contributed by atoms with van der Waals surface area (Å²) >= 11 is 0. The minimum atomic E-state index is 0.630. The number of hydrogen-bond acceptors (Lipinski definition) is 2. The second kappa shape index (κ2) is 5.75. The highest BCUT2D eigenvalue weighted by molar-refractivity contribution is 5.43. The molecule has 1 saturated carbocycles. The van der Waals surface area contributed by atoms with Crippen LogP contribution in [-0.2, 0) is 0 Å². The van der Waals surface area contributed by atoms with Gasteiger partial charge in [0.1, 0.15) is 5.75 Å². The zero-order chi connectivity index (χ0) is 13.1. The van der Waals surface area contributed by atoms with E-state index in [9.17, 15) is 0 Å². The third kappa shape index (κ3) is 2.54. The zero-order valence-corrected chi connectivity index (χ0v) is 12.0. The molecule has 2 atom stereocenters. The van der Waals surface area contributed by atoms with E-state index < -0.39 is 0 Å². The molecule has 0 heterocycles. The van der Waals surface area contributed by atoms with Crippen LogP contribution in [0.2, 0.25) is 0 Å². The summed E-state index contributed by atoms with van der Waals surface area (Å²) in [5.41, 5.74) is 4.12. The average Bonchev–Trinajstić information content (AvgIpc) is 2.41. The molecule has 2 heteroatoms. The van der Waals surface area contributed by atoms with Crippen molar-refractivity contribution in [1.82, 2.24) is 5.32 Å². The highest BCUT2D eigenvalue weighted by Gasteiger charge is 2.26. The van der Waals surface area contributed by atoms with Crippen molar-refractivity contribution in [1.29, 1.82) is 0 Å². The first-order chi connectivity index (χ1) is 8.67. The molecule has 1 aliphatic rings. The monoisotopic (exact) mass is 247 g/mol. The summed E-state index contributed by atoms with van der Waals surface area (Å²) in [6, 6.07) is 5.14. The van der Waals surface area contributed by atoms with Crippen molar-refractivity contribution < 1.29 is 4.74 Å². The number of likely N-dealkylation sites (N-methyl/N-ethyl adjacent to an activating group) is 1. The van der Waals surface area contributed by atoms with Crippen LogP contribution in [-0.4, -0.2) is 20.2 Å². The highest BCUT2D eigenvalue weighted by Crippen LogP contribution is 2.36. The second-order valence-electron chi connectivity index (χ2n) is 5.46. The SMILES string of the molecule is CNC1CCCCC1c1cc(C)c(OC)cc1C. The fourth-order valence-corrected chi connectivity index (χ4v) is 3.28. The minimum absolute atomic E-state index is 0.630. The van der Waals surface area contributed by atoms with E-state index in [-0.39, 0.29) is 0 Å². The minimum Gasteiger partial charge on any atom is -0.496 e. The molecule has 1 N–H and O–H groups in total. The van der Waals surface area contributed by atoms with E-state index in [0.717, 1.165) is 5.75 Å². The number of benzene rings is 1. The van der Waals surface area contributed by atoms with Crippen molar-refractivity contribution in [2.45, 2.75) is 51.5 Å². The Balaban J connectivity index is 2.34. The first-order valence-corrected chi connectivity index (χ1v) is 6.99. The van der Waals surface area contributed by atoms with Crippen molar-refractivity contribution in [2.75, 3.05) is 14.2 Å². The van der Waals surface area contributed by atoms with Crippen molar-refractivity contribution in [3.8, 4) is 5.75 Å². The second-order valence-corrected chi connectivity index (χ2v) is 5.46. The highest BCUT2D eigenvalue weighted by atomic mass is 16.5. The predicted octanol–water partition coefficient (Wildman–Crippen LogP) is 3.56. The van der Waals surface area contributed by atoms with Gasteiger partial charge in [-0.3, -0.25) is 0 Å². The van der Waals surface area contributed by atoms with Crippen LogP contribution in [0, 0.1) is 13.8 Å². The number of aryl methyl sites for hydroxylation is 2. The molecule has 0 amide bonds. The molecule has 18 heavy (non-hydrogen) atoms. The topological polar surface area (TPSA) is 21.3 Å². The van der Waals surface area contributed by atoms with E-state index in [0.29, 0.717) is 12.0 Å². The van der Waals surface area contributed by atoms with Crippen molar-refractivity contribution in [3.63, 3.8) is 0 Å². The average molecular weight is 247 g/mol. The van der Waals surface area contributed by atoms with E-state index >= 15 is 0 Å². The van der Waals surface area contributed by atoms with Crippen LogP contribution < -0.4 is 10.1 Å². The molecule has 0 bridgehead atoms. The Morgan fingerprint density at radius 3 is 2.50 bits per heavy atom. The maximum absolute atomic E-state index is 5.41. The van der Waals surface area contributed by atoms with Gasteiger partial charge in [0.2, 0.25) is 0 Å². The normalized spacial score (nSPS) is 24.0. The molecule has 100 valence electrons. The summed E-state index contributed by atoms with van der Waals surface area (Å²) in [5, 5.41) is 3.50. The molecule has 1 fully saturated rings. The number of nitrogens with one attached hydrogen (secondary N) is 1. The van der Waals surface area contributed by atoms with Gasteiger partial charge in [-0.15, -0.1) is 0 Å². The number of rotatable bonds is 3. The van der Waals surface area contributed by atoms with Gasteiger partial charge in [0.05, 0.1) is 7.11 Å². The summed E-state index contributed by atoms with van der Waals surface area (Å²) in [4.78, 5) is 0. The Morgan fingerprint density at radius 2 is 1.83 bits per heavy atom. The van der Waals surface area contributed by atoms with Crippen LogP contribution in [0.15, 0.2) is 12.1 Å². The third-order valence-corrected chi connectivity index (χ3v) is 4.32. The van der Waals surface area contributed by atoms with Crippen molar-refractivity contribution >= 4 is 0 Å². The summed E-state index contributed by atoms with van der Waals surface area (Å²) in [5.74, 6) is 1.67. The van der Waals surface area contributed by atoms with E-state index in [1.807, 2.05) is 0 Å². The predicted molar refractivity (Wildman–Crippen MR) is 76.5 cm³/mol. The van der Waals surface area contributed by atoms with Crippen molar-refractivity contribution in [2.24, 2.45) is 0 Å². The quantitative estimate of drug-likeness (QED) is 0.882. The van der Waals surface area contributed by atoms with Crippen LogP contribution in [0.4, 0.5) is 0 Å². The lowest BCUT2D eigenvalue weighted by molar-refractivity contribution is 0.342. The van der Waals surface area contributed by atoms with Crippen molar-refractivity contribution in [3.05, 3.63) is 28.8 Å². The van der Waals surface area contributed by atoms with Gasteiger partial charge >= 0.3 is 0 Å². The van der Waals surface area contributed by atoms with Gasteiger partial charge in [0.15, 0.2) is 0 Å². The van der Waals surface area contributed by atoms with Crippen LogP contribution in [0.5, 0.6) is 5.75 Å². The Labute approximate surface area is 111 Å². The smallest absolute Gasteiger partial charge is 0.122 e. The molecular formula is C16H25NO. The maximum atomic E-state index is 5.41. The summed E-state index contributed by atoms with van der Waals surface area (Å²) in [6.07, 6.45) is 5.31. The molecule has 0 radical (unpaired) electrons. The number of ether oxygens (including phenoxy) is 1. The third-order valence-electron chi connectivity index (χ3n) is 4.32. The van der Waals surface area contributed by atoms with E-state index in [2.05, 4.69) is 38.3 Å². The van der Waals surface area contributed by atoms with Gasteiger partial charge < -0.3 is 10.1 Å². The molecule has 2 unspecified atom stereocenters. The van der Waals surface area contributed by atoms with Gasteiger partial charge in [-0.2, -0.15) is 0 Å². The van der Waals surface area contributed by atoms with Gasteiger partial charge in [-0.1, -0.05) is 18.9 Å². The first kappa shape index (κ1) is 13.4. The van der Waals surface area contributed by atoms with Gasteiger partial charge in [0, 0.05) is 6.04 Å². The molecule has 2 rings (SSSR count). The lowest BCUT2D eigenvalue weighted by Crippen LogP contribution is -2.35. The van der Waals surface area contributed by atoms with Crippen LogP contribution in [0.25, 0.3) is 0 Å². The lowest BCUT2D eigenvalue weighted by Gasteiger charge is -2.33. The van der Waals surface area contributed by atoms with Gasteiger partial charge in [-0.25, -0.2) is 0 Å². The molecular weight excluding hydrogens is 222 g/mol. The Morgan fingerprint density at radius 1 is 1.11 bits per heavy atom. The summed E-state index contributed by atoms with van der Waals surface area (Å²) in [7, 11) is 3.84.